The van der Waals surface area contributed by atoms with Gasteiger partial charge in [0.15, 0.2) is 0 Å². The number of ether oxygens (including phenoxy) is 1. The third-order valence-corrected chi connectivity index (χ3v) is 2.13. The molecule has 0 aromatic rings. The normalized spacial score (nSPS) is 19.0. The van der Waals surface area contributed by atoms with Crippen molar-refractivity contribution in [1.29, 1.82) is 0 Å². The molecule has 74 valence electrons. The minimum Gasteiger partial charge on any atom is -0.478 e. The van der Waals surface area contributed by atoms with E-state index in [1.165, 1.54) is 25.9 Å². The first-order chi connectivity index (χ1) is 6.33. The van der Waals surface area contributed by atoms with Crippen LogP contribution < -0.4 is 0 Å². The molecule has 1 heterocycles. The van der Waals surface area contributed by atoms with Crippen LogP contribution in [0.4, 0.5) is 0 Å². The maximum absolute atomic E-state index is 5.32. The maximum Gasteiger partial charge on any atom is 0.205 e. The molecule has 0 aromatic heterocycles. The van der Waals surface area contributed by atoms with Gasteiger partial charge in [-0.1, -0.05) is 0 Å². The highest BCUT2D eigenvalue weighted by atomic mass is 16.5. The summed E-state index contributed by atoms with van der Waals surface area (Å²) in [5.74, 6) is 0.592. The zero-order chi connectivity index (χ0) is 9.52. The largest absolute Gasteiger partial charge is 0.478 e. The molecule has 1 fully saturated rings. The van der Waals surface area contributed by atoms with Gasteiger partial charge in [-0.15, -0.1) is 5.10 Å². The molecule has 0 spiro atoms. The Balaban J connectivity index is 2.05. The summed E-state index contributed by atoms with van der Waals surface area (Å²) in [6.07, 6.45) is 2.64. The lowest BCUT2D eigenvalue weighted by Gasteiger charge is -2.14. The van der Waals surface area contributed by atoms with Crippen LogP contribution in [0, 0.1) is 0 Å². The van der Waals surface area contributed by atoms with Crippen molar-refractivity contribution in [2.45, 2.75) is 19.8 Å². The van der Waals surface area contributed by atoms with Crippen molar-refractivity contribution < 1.29 is 4.74 Å². The molecule has 0 amide bonds. The lowest BCUT2D eigenvalue weighted by atomic mass is 10.4. The summed E-state index contributed by atoms with van der Waals surface area (Å²) >= 11 is 0. The lowest BCUT2D eigenvalue weighted by molar-refractivity contribution is 0.227. The van der Waals surface area contributed by atoms with Crippen molar-refractivity contribution in [3.05, 3.63) is 0 Å². The van der Waals surface area contributed by atoms with Crippen LogP contribution in [0.2, 0.25) is 0 Å². The van der Waals surface area contributed by atoms with Crippen LogP contribution in [0.3, 0.4) is 0 Å². The second-order valence-electron chi connectivity index (χ2n) is 3.16. The van der Waals surface area contributed by atoms with E-state index in [0.717, 1.165) is 6.54 Å². The van der Waals surface area contributed by atoms with Crippen LogP contribution in [0.1, 0.15) is 19.8 Å². The Bertz CT molecular complexity index is 185. The molecule has 4 nitrogen and oxygen atoms in total. The van der Waals surface area contributed by atoms with E-state index in [1.54, 1.807) is 6.92 Å². The summed E-state index contributed by atoms with van der Waals surface area (Å²) in [7, 11) is 0. The van der Waals surface area contributed by atoms with Crippen LogP contribution in [-0.2, 0) is 4.74 Å². The van der Waals surface area contributed by atoms with E-state index in [4.69, 9.17) is 4.74 Å². The fraction of sp³-hybridized carbons (Fsp3) is 0.778. The maximum atomic E-state index is 5.32. The Morgan fingerprint density at radius 3 is 2.77 bits per heavy atom. The van der Waals surface area contributed by atoms with E-state index >= 15 is 0 Å². The van der Waals surface area contributed by atoms with Gasteiger partial charge in [0.25, 0.3) is 0 Å². The highest BCUT2D eigenvalue weighted by molar-refractivity contribution is 5.73. The molecular weight excluding hydrogens is 166 g/mol. The standard InChI is InChI=1S/C9H17N3O/c1-9(11-10-2)13-8-7-12-5-3-4-6-12/h2-8H2,1H3/b11-9+. The number of hydrogen-bond donors (Lipinski definition) is 0. The minimum atomic E-state index is 0.592. The fourth-order valence-corrected chi connectivity index (χ4v) is 1.46. The number of hydrogen-bond acceptors (Lipinski definition) is 4. The van der Waals surface area contributed by atoms with Crippen LogP contribution in [0.25, 0.3) is 0 Å². The molecule has 0 radical (unpaired) electrons. The second kappa shape index (κ2) is 5.70. The highest BCUT2D eigenvalue weighted by Crippen LogP contribution is 2.05. The molecule has 1 rings (SSSR count). The second-order valence-corrected chi connectivity index (χ2v) is 3.16. The van der Waals surface area contributed by atoms with E-state index in [1.807, 2.05) is 0 Å². The zero-order valence-electron chi connectivity index (χ0n) is 8.20. The van der Waals surface area contributed by atoms with Crippen molar-refractivity contribution in [2.24, 2.45) is 10.2 Å². The van der Waals surface area contributed by atoms with Gasteiger partial charge in [0.05, 0.1) is 0 Å². The smallest absolute Gasteiger partial charge is 0.205 e. The third kappa shape index (κ3) is 4.03. The quantitative estimate of drug-likeness (QED) is 0.372. The Labute approximate surface area is 79.3 Å². The van der Waals surface area contributed by atoms with Gasteiger partial charge in [-0.05, 0) is 25.9 Å². The average Bonchev–Trinajstić information content (AvgIpc) is 2.57. The molecule has 0 bridgehead atoms. The van der Waals surface area contributed by atoms with Gasteiger partial charge < -0.3 is 4.74 Å². The molecular formula is C9H17N3O. The molecule has 0 atom stereocenters. The molecule has 0 saturated carbocycles. The van der Waals surface area contributed by atoms with Gasteiger partial charge >= 0.3 is 0 Å². The van der Waals surface area contributed by atoms with Crippen molar-refractivity contribution in [2.75, 3.05) is 26.2 Å². The van der Waals surface area contributed by atoms with Crippen LogP contribution in [-0.4, -0.2) is 43.8 Å². The summed E-state index contributed by atoms with van der Waals surface area (Å²) < 4.78 is 5.32. The van der Waals surface area contributed by atoms with Crippen LogP contribution in [0.15, 0.2) is 10.2 Å². The van der Waals surface area contributed by atoms with E-state index < -0.39 is 0 Å². The van der Waals surface area contributed by atoms with E-state index in [2.05, 4.69) is 21.8 Å². The van der Waals surface area contributed by atoms with Crippen molar-refractivity contribution >= 4 is 12.6 Å². The molecule has 1 saturated heterocycles. The molecule has 1 aliphatic rings. The summed E-state index contributed by atoms with van der Waals surface area (Å²) in [6.45, 7) is 9.15. The highest BCUT2D eigenvalue weighted by Gasteiger charge is 2.10. The van der Waals surface area contributed by atoms with Gasteiger partial charge in [-0.3, -0.25) is 4.90 Å². The van der Waals surface area contributed by atoms with E-state index in [-0.39, 0.29) is 0 Å². The van der Waals surface area contributed by atoms with Crippen LogP contribution in [0.5, 0.6) is 0 Å². The zero-order valence-corrected chi connectivity index (χ0v) is 8.20. The predicted molar refractivity (Wildman–Crippen MR) is 54.3 cm³/mol. The molecule has 0 unspecified atom stereocenters. The average molecular weight is 183 g/mol. The monoisotopic (exact) mass is 183 g/mol. The number of likely N-dealkylation sites (tertiary alicyclic amines) is 1. The molecule has 1 aliphatic heterocycles. The molecule has 0 aromatic carbocycles. The van der Waals surface area contributed by atoms with Crippen molar-refractivity contribution in [3.63, 3.8) is 0 Å². The first-order valence-electron chi connectivity index (χ1n) is 4.68. The van der Waals surface area contributed by atoms with Crippen molar-refractivity contribution in [3.8, 4) is 0 Å². The van der Waals surface area contributed by atoms with Gasteiger partial charge in [0, 0.05) is 20.2 Å². The first-order valence-corrected chi connectivity index (χ1v) is 4.68. The van der Waals surface area contributed by atoms with Crippen molar-refractivity contribution in [1.82, 2.24) is 4.90 Å². The number of nitrogens with zero attached hydrogens (tertiary/aromatic N) is 3. The summed E-state index contributed by atoms with van der Waals surface area (Å²) in [6, 6.07) is 0. The van der Waals surface area contributed by atoms with Gasteiger partial charge in [-0.25, -0.2) is 0 Å². The predicted octanol–water partition coefficient (Wildman–Crippen LogP) is 1.13. The first kappa shape index (κ1) is 10.2. The van der Waals surface area contributed by atoms with E-state index in [9.17, 15) is 0 Å². The summed E-state index contributed by atoms with van der Waals surface area (Å²) in [5, 5.41) is 7.06. The van der Waals surface area contributed by atoms with Gasteiger partial charge in [-0.2, -0.15) is 5.10 Å². The minimum absolute atomic E-state index is 0.592. The van der Waals surface area contributed by atoms with Gasteiger partial charge in [0.1, 0.15) is 6.61 Å². The molecule has 13 heavy (non-hydrogen) atoms. The summed E-state index contributed by atoms with van der Waals surface area (Å²) in [4.78, 5) is 2.40. The Hall–Kier alpha value is -0.900. The summed E-state index contributed by atoms with van der Waals surface area (Å²) in [5.41, 5.74) is 0. The lowest BCUT2D eigenvalue weighted by Crippen LogP contribution is -2.24. The molecule has 0 aliphatic carbocycles. The topological polar surface area (TPSA) is 37.2 Å². The molecule has 4 heteroatoms. The fourth-order valence-electron chi connectivity index (χ4n) is 1.46. The Morgan fingerprint density at radius 2 is 2.15 bits per heavy atom. The van der Waals surface area contributed by atoms with Crippen LogP contribution >= 0.6 is 0 Å². The Morgan fingerprint density at radius 1 is 1.46 bits per heavy atom. The third-order valence-electron chi connectivity index (χ3n) is 2.13. The number of rotatable bonds is 4. The molecule has 0 N–H and O–H groups in total. The van der Waals surface area contributed by atoms with E-state index in [0.29, 0.717) is 12.5 Å². The SMILES string of the molecule is C=N/N=C(\C)OCCN1CCCC1. The van der Waals surface area contributed by atoms with Gasteiger partial charge in [0.2, 0.25) is 5.90 Å². The Kier molecular flexibility index (Phi) is 4.46.